The molecule has 6 rings (SSSR count). The van der Waals surface area contributed by atoms with Crippen LogP contribution in [0.5, 0.6) is 0 Å². The van der Waals surface area contributed by atoms with Crippen LogP contribution >= 0.6 is 22.9 Å². The monoisotopic (exact) mass is 631 g/mol. The average Bonchev–Trinajstić information content (AvgIpc) is 3.67. The van der Waals surface area contributed by atoms with Gasteiger partial charge in [0.2, 0.25) is 11.0 Å². The highest BCUT2D eigenvalue weighted by atomic mass is 35.5. The lowest BCUT2D eigenvalue weighted by molar-refractivity contribution is -0.119. The maximum absolute atomic E-state index is 14.7. The molecule has 0 saturated carbocycles. The first-order valence-electron chi connectivity index (χ1n) is 13.9. The van der Waals surface area contributed by atoms with Gasteiger partial charge in [0, 0.05) is 23.4 Å². The third-order valence-corrected chi connectivity index (χ3v) is 8.39. The number of amides is 2. The van der Waals surface area contributed by atoms with E-state index in [1.54, 1.807) is 24.7 Å². The maximum atomic E-state index is 14.7. The largest absolute Gasteiger partial charge is 0.342 e. The molecule has 4 heterocycles. The van der Waals surface area contributed by atoms with Gasteiger partial charge in [-0.2, -0.15) is 0 Å². The summed E-state index contributed by atoms with van der Waals surface area (Å²) in [5, 5.41) is 25.9. The molecule has 2 aromatic carbocycles. The molecular formula is C30H27ClFN9O2S. The van der Waals surface area contributed by atoms with Crippen LogP contribution in [-0.2, 0) is 4.79 Å². The number of hydrogen-bond acceptors (Lipinski definition) is 9. The fraction of sp³-hybridized carbons (Fsp3) is 0.233. The first kappa shape index (κ1) is 29.3. The molecule has 0 spiro atoms. The lowest BCUT2D eigenvalue weighted by Gasteiger charge is -2.22. The normalized spacial score (nSPS) is 16.7. The Morgan fingerprint density at radius 2 is 2.02 bits per heavy atom. The molecular weight excluding hydrogens is 605 g/mol. The zero-order valence-electron chi connectivity index (χ0n) is 23.7. The Morgan fingerprint density at radius 3 is 2.84 bits per heavy atom. The van der Waals surface area contributed by atoms with Crippen molar-refractivity contribution in [2.75, 3.05) is 10.6 Å². The summed E-state index contributed by atoms with van der Waals surface area (Å²) in [5.41, 5.74) is 5.80. The second-order valence-corrected chi connectivity index (χ2v) is 11.7. The van der Waals surface area contributed by atoms with Gasteiger partial charge in [-0.05, 0) is 61.7 Å². The number of nitrogens with one attached hydrogen (secondary N) is 3. The summed E-state index contributed by atoms with van der Waals surface area (Å²) in [6.07, 6.45) is 3.46. The molecule has 2 amide bonds. The topological polar surface area (TPSA) is 140 Å². The van der Waals surface area contributed by atoms with Crippen LogP contribution in [0, 0.1) is 18.7 Å². The van der Waals surface area contributed by atoms with Gasteiger partial charge in [0.05, 0.1) is 28.1 Å². The summed E-state index contributed by atoms with van der Waals surface area (Å²) in [6.45, 7) is 3.52. The highest BCUT2D eigenvalue weighted by Gasteiger charge is 2.25. The molecule has 1 aliphatic rings. The summed E-state index contributed by atoms with van der Waals surface area (Å²) in [7, 11) is 0. The van der Waals surface area contributed by atoms with E-state index >= 15 is 0 Å². The molecule has 5 aromatic rings. The molecule has 3 N–H and O–H groups in total. The van der Waals surface area contributed by atoms with Gasteiger partial charge < -0.3 is 16.0 Å². The predicted octanol–water partition coefficient (Wildman–Crippen LogP) is 6.25. The number of halogens is 2. The molecule has 11 nitrogen and oxygen atoms in total. The smallest absolute Gasteiger partial charge is 0.274 e. The Kier molecular flexibility index (Phi) is 8.31. The van der Waals surface area contributed by atoms with Gasteiger partial charge in [0.1, 0.15) is 11.2 Å². The Hall–Kier alpha value is -4.75. The molecule has 3 aromatic heterocycles. The number of hydrogen-bond donors (Lipinski definition) is 3. The van der Waals surface area contributed by atoms with Crippen molar-refractivity contribution in [2.24, 2.45) is 5.92 Å². The highest BCUT2D eigenvalue weighted by molar-refractivity contribution is 7.13. The van der Waals surface area contributed by atoms with Crippen molar-refractivity contribution >= 4 is 51.3 Å². The molecule has 0 unspecified atom stereocenters. The van der Waals surface area contributed by atoms with E-state index in [1.807, 2.05) is 37.3 Å². The maximum Gasteiger partial charge on any atom is 0.274 e. The molecule has 2 bridgehead atoms. The zero-order valence-corrected chi connectivity index (χ0v) is 25.3. The number of benzene rings is 2. The van der Waals surface area contributed by atoms with Crippen LogP contribution in [0.4, 0.5) is 20.9 Å². The molecule has 224 valence electrons. The number of rotatable bonds is 5. The standard InChI is InChI=1S/C30H27ClFN9O2S/c1-16-5-3-7-22(36-29(43)27-17(2)41(40-38-27)25-8-4-6-21(31)26(25)32)24-13-18(11-12-33-24)20-10-9-19(14-23(20)37-28(16)42)35-30-39-34-15-44-30/h4,6,8-16,22H,3,5,7H2,1-2H3,(H,35,39)(H,36,43)(H,37,42)/t16-,22-/m0/s1. The van der Waals surface area contributed by atoms with Crippen molar-refractivity contribution in [2.45, 2.75) is 39.2 Å². The van der Waals surface area contributed by atoms with E-state index in [9.17, 15) is 14.0 Å². The number of carbonyl (C=O) groups is 2. The van der Waals surface area contributed by atoms with E-state index in [4.69, 9.17) is 11.6 Å². The van der Waals surface area contributed by atoms with E-state index in [1.165, 1.54) is 28.2 Å². The van der Waals surface area contributed by atoms with Gasteiger partial charge in [-0.15, -0.1) is 15.3 Å². The van der Waals surface area contributed by atoms with Crippen LogP contribution in [0.25, 0.3) is 16.8 Å². The second kappa shape index (κ2) is 12.5. The molecule has 1 aliphatic heterocycles. The molecule has 0 radical (unpaired) electrons. The SMILES string of the molecule is Cc1c(C(=O)N[C@H]2CCC[C@H](C)C(=O)Nc3cc(Nc4nncs4)ccc3-c3ccnc2c3)nnn1-c1cccc(Cl)c1F. The third-order valence-electron chi connectivity index (χ3n) is 7.49. The van der Waals surface area contributed by atoms with Crippen LogP contribution in [0.2, 0.25) is 5.02 Å². The Labute approximate surface area is 260 Å². The third kappa shape index (κ3) is 6.01. The first-order valence-corrected chi connectivity index (χ1v) is 15.2. The predicted molar refractivity (Wildman–Crippen MR) is 166 cm³/mol. The molecule has 44 heavy (non-hydrogen) atoms. The quantitative estimate of drug-likeness (QED) is 0.207. The van der Waals surface area contributed by atoms with Crippen molar-refractivity contribution < 1.29 is 14.0 Å². The van der Waals surface area contributed by atoms with E-state index in [-0.39, 0.29) is 28.2 Å². The Morgan fingerprint density at radius 1 is 1.16 bits per heavy atom. The molecule has 0 saturated heterocycles. The van der Waals surface area contributed by atoms with Crippen LogP contribution in [0.15, 0.2) is 60.2 Å². The average molecular weight is 632 g/mol. The van der Waals surface area contributed by atoms with Gasteiger partial charge >= 0.3 is 0 Å². The minimum atomic E-state index is -0.656. The molecule has 2 atom stereocenters. The summed E-state index contributed by atoms with van der Waals surface area (Å²) >= 11 is 7.32. The number of anilines is 3. The summed E-state index contributed by atoms with van der Waals surface area (Å²) < 4.78 is 15.9. The van der Waals surface area contributed by atoms with E-state index < -0.39 is 17.8 Å². The van der Waals surface area contributed by atoms with E-state index in [0.717, 1.165) is 16.8 Å². The van der Waals surface area contributed by atoms with Gasteiger partial charge in [-0.1, -0.05) is 53.6 Å². The second-order valence-electron chi connectivity index (χ2n) is 10.5. The number of pyridine rings is 1. The number of fused-ring (bicyclic) bond motifs is 4. The number of carbonyl (C=O) groups excluding carboxylic acids is 2. The lowest BCUT2D eigenvalue weighted by Crippen LogP contribution is -2.30. The minimum Gasteiger partial charge on any atom is -0.342 e. The fourth-order valence-corrected chi connectivity index (χ4v) is 5.73. The van der Waals surface area contributed by atoms with Gasteiger partial charge in [0.25, 0.3) is 5.91 Å². The first-order chi connectivity index (χ1) is 21.3. The zero-order chi connectivity index (χ0) is 30.8. The molecule has 14 heteroatoms. The number of aromatic nitrogens is 6. The van der Waals surface area contributed by atoms with Gasteiger partial charge in [0.15, 0.2) is 11.5 Å². The van der Waals surface area contributed by atoms with Crippen molar-refractivity contribution in [3.8, 4) is 16.8 Å². The van der Waals surface area contributed by atoms with E-state index in [0.29, 0.717) is 41.5 Å². The van der Waals surface area contributed by atoms with Crippen molar-refractivity contribution in [1.82, 2.24) is 35.5 Å². The van der Waals surface area contributed by atoms with Crippen molar-refractivity contribution in [3.05, 3.63) is 88.2 Å². The fourth-order valence-electron chi connectivity index (χ4n) is 5.09. The summed E-state index contributed by atoms with van der Waals surface area (Å²) in [6, 6.07) is 13.5. The van der Waals surface area contributed by atoms with Crippen LogP contribution in [0.1, 0.15) is 54.1 Å². The molecule has 0 aliphatic carbocycles. The lowest BCUT2D eigenvalue weighted by atomic mass is 9.95. The van der Waals surface area contributed by atoms with E-state index in [2.05, 4.69) is 41.4 Å². The summed E-state index contributed by atoms with van der Waals surface area (Å²) in [4.78, 5) is 31.3. The molecule has 0 fully saturated rings. The van der Waals surface area contributed by atoms with Crippen LogP contribution in [-0.4, -0.2) is 42.0 Å². The van der Waals surface area contributed by atoms with Crippen molar-refractivity contribution in [1.29, 1.82) is 0 Å². The highest BCUT2D eigenvalue weighted by Crippen LogP contribution is 2.35. The van der Waals surface area contributed by atoms with Crippen molar-refractivity contribution in [3.63, 3.8) is 0 Å². The van der Waals surface area contributed by atoms with Crippen LogP contribution in [0.3, 0.4) is 0 Å². The van der Waals surface area contributed by atoms with Gasteiger partial charge in [-0.25, -0.2) is 9.07 Å². The van der Waals surface area contributed by atoms with Crippen LogP contribution < -0.4 is 16.0 Å². The Bertz CT molecular complexity index is 1850. The Balaban J connectivity index is 1.32. The minimum absolute atomic E-state index is 0.0557. The summed E-state index contributed by atoms with van der Waals surface area (Å²) in [5.74, 6) is -1.51. The number of nitrogens with zero attached hydrogens (tertiary/aromatic N) is 6. The van der Waals surface area contributed by atoms with Gasteiger partial charge in [-0.3, -0.25) is 14.6 Å².